The van der Waals surface area contributed by atoms with E-state index in [2.05, 4.69) is 16.7 Å². The van der Waals surface area contributed by atoms with Gasteiger partial charge in [-0.1, -0.05) is 60.8 Å². The summed E-state index contributed by atoms with van der Waals surface area (Å²) in [7, 11) is 1.54. The van der Waals surface area contributed by atoms with E-state index in [1.165, 1.54) is 22.3 Å². The molecule has 0 bridgehead atoms. The van der Waals surface area contributed by atoms with Crippen LogP contribution in [0.15, 0.2) is 76.9 Å². The number of carbonyl (C=O) groups excluding carboxylic acids is 1. The second kappa shape index (κ2) is 9.88. The van der Waals surface area contributed by atoms with Gasteiger partial charge in [-0.15, -0.1) is 5.10 Å². The van der Waals surface area contributed by atoms with Crippen molar-refractivity contribution in [1.29, 1.82) is 5.41 Å². The van der Waals surface area contributed by atoms with Crippen LogP contribution in [0, 0.1) is 5.41 Å². The number of hydrogen-bond donors (Lipinski definition) is 1. The zero-order valence-corrected chi connectivity index (χ0v) is 18.9. The topological polar surface area (TPSA) is 87.3 Å². The number of nitrogens with zero attached hydrogens (tertiary/aromatic N) is 3. The SMILES string of the molecule is C=CCOc1ccc(C=C2C(=N)N3N=C(SCc4ccccc4)SC3=NC2=O)cc1OC. The Balaban J connectivity index is 1.53. The maximum atomic E-state index is 12.6. The van der Waals surface area contributed by atoms with Crippen LogP contribution >= 0.6 is 23.5 Å². The molecule has 9 heteroatoms. The van der Waals surface area contributed by atoms with Gasteiger partial charge in [0.2, 0.25) is 5.17 Å². The average Bonchev–Trinajstić information content (AvgIpc) is 3.23. The summed E-state index contributed by atoms with van der Waals surface area (Å²) in [6.45, 7) is 3.99. The van der Waals surface area contributed by atoms with Crippen LogP contribution < -0.4 is 9.47 Å². The Kier molecular flexibility index (Phi) is 6.77. The molecule has 32 heavy (non-hydrogen) atoms. The number of fused-ring (bicyclic) bond motifs is 1. The lowest BCUT2D eigenvalue weighted by molar-refractivity contribution is -0.114. The number of nitrogens with one attached hydrogen (secondary N) is 1. The van der Waals surface area contributed by atoms with E-state index in [1.807, 2.05) is 30.3 Å². The van der Waals surface area contributed by atoms with Crippen LogP contribution in [0.2, 0.25) is 0 Å². The highest BCUT2D eigenvalue weighted by Gasteiger charge is 2.35. The summed E-state index contributed by atoms with van der Waals surface area (Å²) < 4.78 is 11.7. The summed E-state index contributed by atoms with van der Waals surface area (Å²) in [5.74, 6) is 1.37. The van der Waals surface area contributed by atoms with Crippen molar-refractivity contribution in [1.82, 2.24) is 5.01 Å². The third kappa shape index (κ3) is 4.79. The van der Waals surface area contributed by atoms with E-state index < -0.39 is 5.91 Å². The number of hydrogen-bond acceptors (Lipinski definition) is 7. The zero-order chi connectivity index (χ0) is 22.5. The molecule has 0 fully saturated rings. The maximum Gasteiger partial charge on any atom is 0.283 e. The summed E-state index contributed by atoms with van der Waals surface area (Å²) in [5, 5.41) is 14.8. The first kappa shape index (κ1) is 21.9. The molecule has 0 spiro atoms. The quantitative estimate of drug-likeness (QED) is 0.469. The molecule has 2 aliphatic rings. The molecular formula is C23H20N4O3S2. The minimum absolute atomic E-state index is 0.00578. The smallest absolute Gasteiger partial charge is 0.283 e. The standard InChI is InChI=1S/C23H20N4O3S2/c1-3-11-30-18-10-9-16(13-19(18)29-2)12-17-20(24)27-22(25-21(17)28)32-23(26-27)31-14-15-7-5-4-6-8-15/h3-10,12-13,24H,1,11,14H2,2H3. The van der Waals surface area contributed by atoms with Gasteiger partial charge in [0.1, 0.15) is 6.61 Å². The Hall–Kier alpha value is -3.30. The highest BCUT2D eigenvalue weighted by Crippen LogP contribution is 2.34. The van der Waals surface area contributed by atoms with Crippen molar-refractivity contribution in [3.63, 3.8) is 0 Å². The number of rotatable bonds is 7. The average molecular weight is 465 g/mol. The van der Waals surface area contributed by atoms with Crippen LogP contribution in [0.3, 0.4) is 0 Å². The number of hydrazone groups is 1. The van der Waals surface area contributed by atoms with Gasteiger partial charge in [-0.2, -0.15) is 10.0 Å². The number of carbonyl (C=O) groups is 1. The fraction of sp³-hybridized carbons (Fsp3) is 0.130. The predicted molar refractivity (Wildman–Crippen MR) is 131 cm³/mol. The van der Waals surface area contributed by atoms with Crippen molar-refractivity contribution < 1.29 is 14.3 Å². The molecule has 2 aromatic carbocycles. The molecule has 0 saturated heterocycles. The van der Waals surface area contributed by atoms with Gasteiger partial charge < -0.3 is 9.47 Å². The number of ether oxygens (including phenoxy) is 2. The van der Waals surface area contributed by atoms with Gasteiger partial charge in [0.15, 0.2) is 21.7 Å². The lowest BCUT2D eigenvalue weighted by atomic mass is 10.1. The second-order valence-electron chi connectivity index (χ2n) is 6.67. The fourth-order valence-electron chi connectivity index (χ4n) is 2.96. The predicted octanol–water partition coefficient (Wildman–Crippen LogP) is 4.77. The molecule has 0 radical (unpaired) electrons. The fourth-order valence-corrected chi connectivity index (χ4v) is 4.84. The Morgan fingerprint density at radius 3 is 2.78 bits per heavy atom. The van der Waals surface area contributed by atoms with E-state index >= 15 is 0 Å². The highest BCUT2D eigenvalue weighted by molar-refractivity contribution is 8.45. The van der Waals surface area contributed by atoms with Crippen molar-refractivity contribution in [3.05, 3.63) is 77.9 Å². The number of aliphatic imine (C=N–C) groups is 1. The molecule has 1 amide bonds. The van der Waals surface area contributed by atoms with Gasteiger partial charge in [0.05, 0.1) is 12.7 Å². The van der Waals surface area contributed by atoms with Crippen LogP contribution in [0.5, 0.6) is 11.5 Å². The number of benzene rings is 2. The van der Waals surface area contributed by atoms with Crippen molar-refractivity contribution in [2.45, 2.75) is 5.75 Å². The van der Waals surface area contributed by atoms with Crippen LogP contribution in [0.1, 0.15) is 11.1 Å². The lowest BCUT2D eigenvalue weighted by Crippen LogP contribution is -2.35. The van der Waals surface area contributed by atoms with E-state index in [-0.39, 0.29) is 11.4 Å². The molecule has 0 atom stereocenters. The Bertz CT molecular complexity index is 1160. The Labute approximate surface area is 194 Å². The van der Waals surface area contributed by atoms with Gasteiger partial charge >= 0.3 is 0 Å². The van der Waals surface area contributed by atoms with E-state index in [9.17, 15) is 4.79 Å². The molecule has 7 nitrogen and oxygen atoms in total. The molecule has 4 rings (SSSR count). The summed E-state index contributed by atoms with van der Waals surface area (Å²) in [6, 6.07) is 15.3. The van der Waals surface area contributed by atoms with Gasteiger partial charge in [-0.25, -0.2) is 0 Å². The van der Waals surface area contributed by atoms with Crippen LogP contribution in [0.25, 0.3) is 6.08 Å². The molecule has 0 aromatic heterocycles. The molecule has 0 unspecified atom stereocenters. The van der Waals surface area contributed by atoms with Crippen molar-refractivity contribution >= 4 is 50.9 Å². The van der Waals surface area contributed by atoms with Crippen LogP contribution in [0.4, 0.5) is 0 Å². The van der Waals surface area contributed by atoms with Gasteiger partial charge in [0.25, 0.3) is 5.91 Å². The number of amides is 1. The number of thioether (sulfide) groups is 2. The largest absolute Gasteiger partial charge is 0.493 e. The first-order chi connectivity index (χ1) is 15.6. The first-order valence-corrected chi connectivity index (χ1v) is 11.5. The Morgan fingerprint density at radius 2 is 2.03 bits per heavy atom. The van der Waals surface area contributed by atoms with Gasteiger partial charge in [-0.3, -0.25) is 10.2 Å². The third-order valence-electron chi connectivity index (χ3n) is 4.50. The highest BCUT2D eigenvalue weighted by atomic mass is 32.2. The van der Waals surface area contributed by atoms with Gasteiger partial charge in [-0.05, 0) is 41.1 Å². The molecular weight excluding hydrogens is 444 g/mol. The van der Waals surface area contributed by atoms with Gasteiger partial charge in [0, 0.05) is 5.75 Å². The van der Waals surface area contributed by atoms with Crippen molar-refractivity contribution in [3.8, 4) is 11.5 Å². The maximum absolute atomic E-state index is 12.6. The van der Waals surface area contributed by atoms with E-state index in [4.69, 9.17) is 14.9 Å². The minimum atomic E-state index is -0.468. The molecule has 2 heterocycles. The monoisotopic (exact) mass is 464 g/mol. The van der Waals surface area contributed by atoms with Crippen LogP contribution in [-0.4, -0.2) is 40.0 Å². The normalized spacial score (nSPS) is 16.5. The molecule has 2 aliphatic heterocycles. The third-order valence-corrected chi connectivity index (χ3v) is 6.61. The summed E-state index contributed by atoms with van der Waals surface area (Å²) in [5.41, 5.74) is 2.03. The van der Waals surface area contributed by atoms with Crippen LogP contribution in [-0.2, 0) is 10.5 Å². The molecule has 2 aromatic rings. The summed E-state index contributed by atoms with van der Waals surface area (Å²) >= 11 is 2.85. The molecule has 1 N–H and O–H groups in total. The van der Waals surface area contributed by atoms with Crippen molar-refractivity contribution in [2.24, 2.45) is 10.1 Å². The molecule has 162 valence electrons. The second-order valence-corrected chi connectivity index (χ2v) is 8.85. The van der Waals surface area contributed by atoms with Crippen molar-refractivity contribution in [2.75, 3.05) is 13.7 Å². The lowest BCUT2D eigenvalue weighted by Gasteiger charge is -2.20. The number of amidine groups is 2. The summed E-state index contributed by atoms with van der Waals surface area (Å²) in [6.07, 6.45) is 3.26. The summed E-state index contributed by atoms with van der Waals surface area (Å²) in [4.78, 5) is 16.8. The molecule has 0 saturated carbocycles. The van der Waals surface area contributed by atoms with E-state index in [0.717, 1.165) is 10.1 Å². The first-order valence-electron chi connectivity index (χ1n) is 9.67. The van der Waals surface area contributed by atoms with E-state index in [0.29, 0.717) is 28.8 Å². The minimum Gasteiger partial charge on any atom is -0.493 e. The zero-order valence-electron chi connectivity index (χ0n) is 17.3. The Morgan fingerprint density at radius 1 is 1.22 bits per heavy atom. The molecule has 0 aliphatic carbocycles. The number of methoxy groups -OCH3 is 1. The van der Waals surface area contributed by atoms with E-state index in [1.54, 1.807) is 49.2 Å².